The Morgan fingerprint density at radius 1 is 1.22 bits per heavy atom. The van der Waals surface area contributed by atoms with Gasteiger partial charge in [0.25, 0.3) is 0 Å². The second-order valence-electron chi connectivity index (χ2n) is 4.98. The van der Waals surface area contributed by atoms with Crippen molar-refractivity contribution < 1.29 is 9.47 Å². The number of methoxy groups -OCH3 is 2. The third kappa shape index (κ3) is 3.37. The minimum Gasteiger partial charge on any atom is -0.493 e. The van der Waals surface area contributed by atoms with Crippen LogP contribution in [0, 0.1) is 0 Å². The highest BCUT2D eigenvalue weighted by Gasteiger charge is 2.37. The fourth-order valence-corrected chi connectivity index (χ4v) is 1.94. The molecule has 1 aliphatic rings. The number of nitrogens with two attached hydrogens (primary N) is 1. The number of rotatable bonds is 7. The molecule has 3 N–H and O–H groups in total. The molecule has 100 valence electrons. The third-order valence-electron chi connectivity index (χ3n) is 3.41. The Labute approximate surface area is 108 Å². The summed E-state index contributed by atoms with van der Waals surface area (Å²) in [5.41, 5.74) is 7.33. The van der Waals surface area contributed by atoms with Crippen molar-refractivity contribution >= 4 is 0 Å². The quantitative estimate of drug-likeness (QED) is 0.717. The van der Waals surface area contributed by atoms with Crippen LogP contribution in [0.3, 0.4) is 0 Å². The highest BCUT2D eigenvalue weighted by molar-refractivity contribution is 5.42. The summed E-state index contributed by atoms with van der Waals surface area (Å²) in [6.07, 6.45) is 3.27. The normalized spacial score (nSPS) is 16.4. The first-order chi connectivity index (χ1) is 8.67. The molecule has 0 aliphatic heterocycles. The largest absolute Gasteiger partial charge is 0.493 e. The molecule has 0 spiro atoms. The fraction of sp³-hybridized carbons (Fsp3) is 0.571. The molecule has 0 saturated heterocycles. The van der Waals surface area contributed by atoms with E-state index in [0.717, 1.165) is 43.9 Å². The Morgan fingerprint density at radius 3 is 2.56 bits per heavy atom. The molecule has 0 atom stereocenters. The number of hydrogen-bond acceptors (Lipinski definition) is 4. The summed E-state index contributed by atoms with van der Waals surface area (Å²) in [6, 6.07) is 6.04. The van der Waals surface area contributed by atoms with Crippen LogP contribution in [0.25, 0.3) is 0 Å². The average molecular weight is 250 g/mol. The van der Waals surface area contributed by atoms with Crippen LogP contribution in [0.2, 0.25) is 0 Å². The molecule has 4 nitrogen and oxygen atoms in total. The molecule has 0 amide bonds. The van der Waals surface area contributed by atoms with E-state index in [4.69, 9.17) is 15.2 Å². The summed E-state index contributed by atoms with van der Waals surface area (Å²) < 4.78 is 10.5. The van der Waals surface area contributed by atoms with Gasteiger partial charge in [-0.3, -0.25) is 0 Å². The van der Waals surface area contributed by atoms with E-state index in [0.29, 0.717) is 0 Å². The zero-order valence-corrected chi connectivity index (χ0v) is 11.2. The lowest BCUT2D eigenvalue weighted by atomic mass is 10.1. The van der Waals surface area contributed by atoms with E-state index in [1.807, 2.05) is 12.1 Å². The monoisotopic (exact) mass is 250 g/mol. The van der Waals surface area contributed by atoms with Crippen LogP contribution in [0.4, 0.5) is 0 Å². The first-order valence-corrected chi connectivity index (χ1v) is 6.37. The summed E-state index contributed by atoms with van der Waals surface area (Å²) in [6.45, 7) is 1.86. The van der Waals surface area contributed by atoms with Crippen LogP contribution in [0.1, 0.15) is 18.4 Å². The van der Waals surface area contributed by atoms with Crippen LogP contribution in [-0.2, 0) is 6.42 Å². The average Bonchev–Trinajstić information content (AvgIpc) is 3.12. The van der Waals surface area contributed by atoms with Gasteiger partial charge in [0.15, 0.2) is 11.5 Å². The molecule has 4 heteroatoms. The maximum Gasteiger partial charge on any atom is 0.160 e. The van der Waals surface area contributed by atoms with Crippen molar-refractivity contribution in [2.24, 2.45) is 5.73 Å². The molecule has 0 aromatic heterocycles. The minimum atomic E-state index is 0.0810. The molecule has 2 rings (SSSR count). The maximum atomic E-state index is 6.01. The highest BCUT2D eigenvalue weighted by Crippen LogP contribution is 2.31. The summed E-state index contributed by atoms with van der Waals surface area (Å²) in [5.74, 6) is 1.56. The molecule has 1 fully saturated rings. The van der Waals surface area contributed by atoms with Gasteiger partial charge in [-0.2, -0.15) is 0 Å². The van der Waals surface area contributed by atoms with Crippen molar-refractivity contribution in [2.45, 2.75) is 24.8 Å². The van der Waals surface area contributed by atoms with Crippen LogP contribution in [0.5, 0.6) is 11.5 Å². The Balaban J connectivity index is 1.81. The van der Waals surface area contributed by atoms with Crippen molar-refractivity contribution in [3.05, 3.63) is 23.8 Å². The SMILES string of the molecule is COc1ccc(CCNCC2(N)CC2)cc1OC. The molecule has 1 aliphatic carbocycles. The summed E-state index contributed by atoms with van der Waals surface area (Å²) in [7, 11) is 3.31. The topological polar surface area (TPSA) is 56.5 Å². The Kier molecular flexibility index (Phi) is 4.09. The number of hydrogen-bond donors (Lipinski definition) is 2. The molecule has 0 heterocycles. The molecular formula is C14H22N2O2. The molecule has 0 bridgehead atoms. The zero-order chi connectivity index (χ0) is 13.0. The molecule has 1 saturated carbocycles. The number of benzene rings is 1. The van der Waals surface area contributed by atoms with Gasteiger partial charge in [0, 0.05) is 12.1 Å². The van der Waals surface area contributed by atoms with Gasteiger partial charge in [-0.15, -0.1) is 0 Å². The van der Waals surface area contributed by atoms with Gasteiger partial charge >= 0.3 is 0 Å². The Hall–Kier alpha value is -1.26. The van der Waals surface area contributed by atoms with Gasteiger partial charge in [0.2, 0.25) is 0 Å². The van der Waals surface area contributed by atoms with Crippen LogP contribution < -0.4 is 20.5 Å². The van der Waals surface area contributed by atoms with Crippen molar-refractivity contribution in [3.63, 3.8) is 0 Å². The van der Waals surface area contributed by atoms with Gasteiger partial charge in [-0.1, -0.05) is 6.07 Å². The van der Waals surface area contributed by atoms with Crippen LogP contribution >= 0.6 is 0 Å². The molecule has 18 heavy (non-hydrogen) atoms. The van der Waals surface area contributed by atoms with Crippen molar-refractivity contribution in [1.29, 1.82) is 0 Å². The van der Waals surface area contributed by atoms with Crippen LogP contribution in [-0.4, -0.2) is 32.8 Å². The van der Waals surface area contributed by atoms with Crippen LogP contribution in [0.15, 0.2) is 18.2 Å². The van der Waals surface area contributed by atoms with E-state index in [2.05, 4.69) is 11.4 Å². The second-order valence-corrected chi connectivity index (χ2v) is 4.98. The standard InChI is InChI=1S/C14H22N2O2/c1-17-12-4-3-11(9-13(12)18-2)5-8-16-10-14(15)6-7-14/h3-4,9,16H,5-8,10,15H2,1-2H3. The van der Waals surface area contributed by atoms with Gasteiger partial charge in [0.1, 0.15) is 0 Å². The summed E-state index contributed by atoms with van der Waals surface area (Å²) in [4.78, 5) is 0. The number of ether oxygens (including phenoxy) is 2. The smallest absolute Gasteiger partial charge is 0.160 e. The predicted octanol–water partition coefficient (Wildman–Crippen LogP) is 1.33. The van der Waals surface area contributed by atoms with E-state index in [1.54, 1.807) is 14.2 Å². The third-order valence-corrected chi connectivity index (χ3v) is 3.41. The molecule has 1 aromatic carbocycles. The predicted molar refractivity (Wildman–Crippen MR) is 72.3 cm³/mol. The first-order valence-electron chi connectivity index (χ1n) is 6.37. The van der Waals surface area contributed by atoms with E-state index >= 15 is 0 Å². The van der Waals surface area contributed by atoms with E-state index < -0.39 is 0 Å². The lowest BCUT2D eigenvalue weighted by molar-refractivity contribution is 0.354. The summed E-state index contributed by atoms with van der Waals surface area (Å²) >= 11 is 0. The summed E-state index contributed by atoms with van der Waals surface area (Å²) in [5, 5.41) is 3.41. The van der Waals surface area contributed by atoms with Gasteiger partial charge < -0.3 is 20.5 Å². The minimum absolute atomic E-state index is 0.0810. The van der Waals surface area contributed by atoms with Crippen molar-refractivity contribution in [3.8, 4) is 11.5 Å². The van der Waals surface area contributed by atoms with Gasteiger partial charge in [-0.05, 0) is 43.5 Å². The van der Waals surface area contributed by atoms with Gasteiger partial charge in [0.05, 0.1) is 14.2 Å². The Bertz CT molecular complexity index is 403. The molecule has 1 aromatic rings. The lowest BCUT2D eigenvalue weighted by Gasteiger charge is -2.12. The molecule has 0 radical (unpaired) electrons. The van der Waals surface area contributed by atoms with E-state index in [9.17, 15) is 0 Å². The van der Waals surface area contributed by atoms with Crippen molar-refractivity contribution in [2.75, 3.05) is 27.3 Å². The van der Waals surface area contributed by atoms with Crippen molar-refractivity contribution in [1.82, 2.24) is 5.32 Å². The fourth-order valence-electron chi connectivity index (χ4n) is 1.94. The van der Waals surface area contributed by atoms with Gasteiger partial charge in [-0.25, -0.2) is 0 Å². The van der Waals surface area contributed by atoms with E-state index in [1.165, 1.54) is 5.56 Å². The maximum absolute atomic E-state index is 6.01. The first kappa shape index (κ1) is 13.2. The lowest BCUT2D eigenvalue weighted by Crippen LogP contribution is -2.36. The Morgan fingerprint density at radius 2 is 1.94 bits per heavy atom. The zero-order valence-electron chi connectivity index (χ0n) is 11.2. The molecule has 0 unspecified atom stereocenters. The van der Waals surface area contributed by atoms with E-state index in [-0.39, 0.29) is 5.54 Å². The number of nitrogens with one attached hydrogen (secondary N) is 1. The molecular weight excluding hydrogens is 228 g/mol. The highest BCUT2D eigenvalue weighted by atomic mass is 16.5. The second kappa shape index (κ2) is 5.59.